The number of hydrogen-bond donors (Lipinski definition) is 1. The number of anilines is 1. The summed E-state index contributed by atoms with van der Waals surface area (Å²) in [5.74, 6) is 0. The highest BCUT2D eigenvalue weighted by molar-refractivity contribution is 6.76. The lowest BCUT2D eigenvalue weighted by Gasteiger charge is -2.35. The quantitative estimate of drug-likeness (QED) is 0.389. The molecular weight excluding hydrogens is 426 g/mol. The first kappa shape index (κ1) is 22.6. The van der Waals surface area contributed by atoms with Crippen LogP contribution < -0.4 is 10.2 Å². The predicted octanol–water partition coefficient (Wildman–Crippen LogP) is 5.13. The number of nitrogens with one attached hydrogen (secondary N) is 1. The predicted molar refractivity (Wildman–Crippen MR) is 138 cm³/mol. The molecule has 0 saturated carbocycles. The van der Waals surface area contributed by atoms with Gasteiger partial charge in [-0.2, -0.15) is 0 Å². The second-order valence-electron chi connectivity index (χ2n) is 10.9. The van der Waals surface area contributed by atoms with Gasteiger partial charge in [-0.15, -0.1) is 0 Å². The van der Waals surface area contributed by atoms with Crippen LogP contribution in [0.1, 0.15) is 25.7 Å². The van der Waals surface area contributed by atoms with Crippen LogP contribution >= 0.6 is 0 Å². The van der Waals surface area contributed by atoms with Crippen molar-refractivity contribution < 1.29 is 4.74 Å². The first-order valence-corrected chi connectivity index (χ1v) is 16.1. The molecule has 0 amide bonds. The molecular formula is C26H37N5OSi. The summed E-state index contributed by atoms with van der Waals surface area (Å²) in [6, 6.07) is 9.48. The van der Waals surface area contributed by atoms with Crippen molar-refractivity contribution >= 4 is 24.8 Å². The Bertz CT molecular complexity index is 1090. The Labute approximate surface area is 198 Å². The Kier molecular flexibility index (Phi) is 6.29. The van der Waals surface area contributed by atoms with Gasteiger partial charge >= 0.3 is 0 Å². The standard InChI is InChI=1S/C26H37N5OSi/c1-33(2,3)17-16-32-20-31-18-21(22-8-4-6-12-27-22)24-23(9-14-28-25(24)31)30-15-11-26(19-30)10-5-7-13-29-26/h4,6,8-9,12,14,18,29H,5,7,10-11,13,15-17,19-20H2,1-3H3. The molecule has 0 aromatic carbocycles. The molecule has 2 aliphatic rings. The molecule has 33 heavy (non-hydrogen) atoms. The van der Waals surface area contributed by atoms with Gasteiger partial charge in [0.15, 0.2) is 0 Å². The zero-order chi connectivity index (χ0) is 22.9. The summed E-state index contributed by atoms with van der Waals surface area (Å²) in [5.41, 5.74) is 4.65. The number of nitrogens with zero attached hydrogens (tertiary/aromatic N) is 4. The van der Waals surface area contributed by atoms with Crippen LogP contribution in [-0.2, 0) is 11.5 Å². The minimum absolute atomic E-state index is 0.265. The summed E-state index contributed by atoms with van der Waals surface area (Å²) in [6.07, 6.45) is 11.1. The maximum atomic E-state index is 6.12. The lowest BCUT2D eigenvalue weighted by atomic mass is 9.88. The maximum absolute atomic E-state index is 6.12. The van der Waals surface area contributed by atoms with Gasteiger partial charge in [0.25, 0.3) is 0 Å². The molecule has 3 aromatic heterocycles. The van der Waals surface area contributed by atoms with E-state index in [1.54, 1.807) is 0 Å². The van der Waals surface area contributed by atoms with E-state index in [1.165, 1.54) is 42.8 Å². The first-order chi connectivity index (χ1) is 15.9. The van der Waals surface area contributed by atoms with Crippen molar-refractivity contribution in [2.75, 3.05) is 31.1 Å². The molecule has 1 N–H and O–H groups in total. The summed E-state index contributed by atoms with van der Waals surface area (Å²) in [7, 11) is -1.12. The van der Waals surface area contributed by atoms with Gasteiger partial charge in [0.2, 0.25) is 0 Å². The molecule has 6 nitrogen and oxygen atoms in total. The third-order valence-corrected chi connectivity index (χ3v) is 8.88. The number of pyridine rings is 2. The van der Waals surface area contributed by atoms with Crippen LogP contribution in [0.2, 0.25) is 25.7 Å². The van der Waals surface area contributed by atoms with Crippen LogP contribution in [0.4, 0.5) is 5.69 Å². The van der Waals surface area contributed by atoms with Gasteiger partial charge in [-0.1, -0.05) is 32.1 Å². The van der Waals surface area contributed by atoms with E-state index < -0.39 is 8.07 Å². The molecule has 2 aliphatic heterocycles. The number of piperidine rings is 1. The first-order valence-electron chi connectivity index (χ1n) is 12.4. The fraction of sp³-hybridized carbons (Fsp3) is 0.538. The molecule has 1 atom stereocenters. The normalized spacial score (nSPS) is 21.4. The van der Waals surface area contributed by atoms with Crippen molar-refractivity contribution in [2.45, 2.75) is 63.6 Å². The molecule has 2 saturated heterocycles. The van der Waals surface area contributed by atoms with Crippen molar-refractivity contribution in [2.24, 2.45) is 0 Å². The van der Waals surface area contributed by atoms with E-state index in [0.717, 1.165) is 43.1 Å². The molecule has 0 radical (unpaired) electrons. The molecule has 5 heterocycles. The van der Waals surface area contributed by atoms with Crippen molar-refractivity contribution in [1.29, 1.82) is 0 Å². The Morgan fingerprint density at radius 2 is 2.00 bits per heavy atom. The van der Waals surface area contributed by atoms with Crippen LogP contribution in [0.5, 0.6) is 0 Å². The van der Waals surface area contributed by atoms with Crippen molar-refractivity contribution in [3.63, 3.8) is 0 Å². The summed E-state index contributed by atoms with van der Waals surface area (Å²) < 4.78 is 8.29. The summed E-state index contributed by atoms with van der Waals surface area (Å²) in [4.78, 5) is 12.1. The van der Waals surface area contributed by atoms with Gasteiger partial charge in [-0.05, 0) is 50.1 Å². The molecule has 3 aromatic rings. The topological polar surface area (TPSA) is 55.2 Å². The van der Waals surface area contributed by atoms with Crippen LogP contribution in [-0.4, -0.2) is 54.4 Å². The van der Waals surface area contributed by atoms with Crippen LogP contribution in [0.15, 0.2) is 42.9 Å². The van der Waals surface area contributed by atoms with Gasteiger partial charge < -0.3 is 19.5 Å². The van der Waals surface area contributed by atoms with Gasteiger partial charge in [-0.3, -0.25) is 4.98 Å². The Hall–Kier alpha value is -2.22. The van der Waals surface area contributed by atoms with E-state index in [9.17, 15) is 0 Å². The van der Waals surface area contributed by atoms with Crippen molar-refractivity contribution in [1.82, 2.24) is 19.9 Å². The van der Waals surface area contributed by atoms with Crippen molar-refractivity contribution in [3.05, 3.63) is 42.9 Å². The summed E-state index contributed by atoms with van der Waals surface area (Å²) in [5, 5.41) is 5.04. The van der Waals surface area contributed by atoms with E-state index in [0.29, 0.717) is 6.73 Å². The second-order valence-corrected chi connectivity index (χ2v) is 16.6. The highest BCUT2D eigenvalue weighted by Crippen LogP contribution is 2.39. The number of hydrogen-bond acceptors (Lipinski definition) is 5. The fourth-order valence-corrected chi connectivity index (χ4v) is 6.03. The van der Waals surface area contributed by atoms with E-state index in [4.69, 9.17) is 9.72 Å². The monoisotopic (exact) mass is 463 g/mol. The highest BCUT2D eigenvalue weighted by atomic mass is 28.3. The Morgan fingerprint density at radius 1 is 1.09 bits per heavy atom. The largest absolute Gasteiger partial charge is 0.369 e. The lowest BCUT2D eigenvalue weighted by molar-refractivity contribution is 0.0899. The zero-order valence-corrected chi connectivity index (χ0v) is 21.3. The highest BCUT2D eigenvalue weighted by Gasteiger charge is 2.39. The summed E-state index contributed by atoms with van der Waals surface area (Å²) >= 11 is 0. The van der Waals surface area contributed by atoms with Gasteiger partial charge in [0.1, 0.15) is 12.4 Å². The molecule has 5 rings (SSSR count). The molecule has 7 heteroatoms. The molecule has 1 spiro atoms. The number of rotatable bonds is 7. The average Bonchev–Trinajstić information content (AvgIpc) is 3.39. The minimum Gasteiger partial charge on any atom is -0.369 e. The van der Waals surface area contributed by atoms with E-state index in [-0.39, 0.29) is 5.54 Å². The molecule has 0 bridgehead atoms. The van der Waals surface area contributed by atoms with E-state index in [2.05, 4.69) is 63.8 Å². The average molecular weight is 464 g/mol. The van der Waals surface area contributed by atoms with E-state index in [1.807, 2.05) is 18.5 Å². The van der Waals surface area contributed by atoms with Crippen LogP contribution in [0.25, 0.3) is 22.3 Å². The molecule has 1 unspecified atom stereocenters. The smallest absolute Gasteiger partial charge is 0.144 e. The minimum atomic E-state index is -1.12. The number of aromatic nitrogens is 3. The van der Waals surface area contributed by atoms with Gasteiger partial charge in [0, 0.05) is 57.5 Å². The Balaban J connectivity index is 1.49. The molecule has 0 aliphatic carbocycles. The van der Waals surface area contributed by atoms with Crippen LogP contribution in [0, 0.1) is 0 Å². The fourth-order valence-electron chi connectivity index (χ4n) is 5.27. The van der Waals surface area contributed by atoms with Gasteiger partial charge in [-0.25, -0.2) is 4.98 Å². The molecule has 2 fully saturated rings. The number of fused-ring (bicyclic) bond motifs is 1. The summed E-state index contributed by atoms with van der Waals surface area (Å²) in [6.45, 7) is 11.8. The lowest BCUT2D eigenvalue weighted by Crippen LogP contribution is -2.50. The third-order valence-electron chi connectivity index (χ3n) is 7.18. The Morgan fingerprint density at radius 3 is 2.76 bits per heavy atom. The van der Waals surface area contributed by atoms with Crippen LogP contribution in [0.3, 0.4) is 0 Å². The molecule has 176 valence electrons. The second kappa shape index (κ2) is 9.20. The van der Waals surface area contributed by atoms with E-state index >= 15 is 0 Å². The zero-order valence-electron chi connectivity index (χ0n) is 20.3. The maximum Gasteiger partial charge on any atom is 0.144 e. The van der Waals surface area contributed by atoms with Gasteiger partial charge in [0.05, 0.1) is 16.8 Å². The van der Waals surface area contributed by atoms with Crippen molar-refractivity contribution in [3.8, 4) is 11.3 Å². The third kappa shape index (κ3) is 4.86. The number of ether oxygens (including phenoxy) is 1. The SMILES string of the molecule is C[Si](C)(C)CCOCn1cc(-c2ccccn2)c2c(N3CCC4(CCCCN4)C3)ccnc21.